The van der Waals surface area contributed by atoms with Gasteiger partial charge in [0.15, 0.2) is 0 Å². The fraction of sp³-hybridized carbons (Fsp3) is 0.619. The quantitative estimate of drug-likeness (QED) is 0.696. The molecule has 1 rings (SSSR count). The van der Waals surface area contributed by atoms with Gasteiger partial charge in [-0.15, -0.1) is 0 Å². The highest BCUT2D eigenvalue weighted by Crippen LogP contribution is 2.27. The summed E-state index contributed by atoms with van der Waals surface area (Å²) in [6, 6.07) is 3.22. The molecule has 0 fully saturated rings. The molecule has 1 aromatic rings. The first-order valence-electron chi connectivity index (χ1n) is 9.36. The molecule has 4 N–H and O–H groups in total. The van der Waals surface area contributed by atoms with Crippen molar-refractivity contribution in [3.05, 3.63) is 34.4 Å². The first-order chi connectivity index (χ1) is 11.9. The summed E-state index contributed by atoms with van der Waals surface area (Å²) in [5.41, 5.74) is 10.4. The Hall–Kier alpha value is -2.04. The third-order valence-corrected chi connectivity index (χ3v) is 4.58. The summed E-state index contributed by atoms with van der Waals surface area (Å²) in [7, 11) is 0. The van der Waals surface area contributed by atoms with Crippen molar-refractivity contribution in [3.63, 3.8) is 0 Å². The molecule has 146 valence electrons. The van der Waals surface area contributed by atoms with Crippen molar-refractivity contribution in [2.24, 2.45) is 11.7 Å². The fourth-order valence-electron chi connectivity index (χ4n) is 3.13. The zero-order valence-electron chi connectivity index (χ0n) is 17.3. The summed E-state index contributed by atoms with van der Waals surface area (Å²) < 4.78 is 0. The van der Waals surface area contributed by atoms with Crippen molar-refractivity contribution in [2.75, 3.05) is 6.54 Å². The summed E-state index contributed by atoms with van der Waals surface area (Å²) in [6.07, 6.45) is 1.33. The van der Waals surface area contributed by atoms with Gasteiger partial charge in [0.1, 0.15) is 6.04 Å². The van der Waals surface area contributed by atoms with Crippen LogP contribution in [0, 0.1) is 19.8 Å². The average molecular weight is 362 g/mol. The standard InChI is InChI=1S/C21H35N3O2/c1-13(2)10-18(24-20(22)26)19(25)23-9-8-17-14(3)11-16(12-15(17)4)21(5,6)7/h11-13,18H,8-10H2,1-7H3,(H,23,25)(H3,22,24,26)/t18-/m1/s1. The molecule has 1 aromatic carbocycles. The second-order valence-corrected chi connectivity index (χ2v) is 8.57. The Morgan fingerprint density at radius 1 is 1.12 bits per heavy atom. The summed E-state index contributed by atoms with van der Waals surface area (Å²) in [6.45, 7) is 15.4. The number of urea groups is 1. The van der Waals surface area contributed by atoms with E-state index >= 15 is 0 Å². The normalized spacial score (nSPS) is 12.8. The van der Waals surface area contributed by atoms with Crippen LogP contribution in [0.4, 0.5) is 4.79 Å². The zero-order valence-corrected chi connectivity index (χ0v) is 17.3. The number of nitrogens with two attached hydrogens (primary N) is 1. The monoisotopic (exact) mass is 361 g/mol. The Morgan fingerprint density at radius 3 is 2.08 bits per heavy atom. The Kier molecular flexibility index (Phi) is 7.67. The molecule has 0 bridgehead atoms. The van der Waals surface area contributed by atoms with Crippen LogP contribution in [0.3, 0.4) is 0 Å². The molecular weight excluding hydrogens is 326 g/mol. The van der Waals surface area contributed by atoms with Gasteiger partial charge in [0.2, 0.25) is 5.91 Å². The highest BCUT2D eigenvalue weighted by Gasteiger charge is 2.21. The molecule has 26 heavy (non-hydrogen) atoms. The van der Waals surface area contributed by atoms with Crippen molar-refractivity contribution in [3.8, 4) is 0 Å². The van der Waals surface area contributed by atoms with Crippen LogP contribution in [0.15, 0.2) is 12.1 Å². The van der Waals surface area contributed by atoms with Crippen LogP contribution in [0.5, 0.6) is 0 Å². The molecule has 1 atom stereocenters. The first kappa shape index (κ1) is 22.0. The molecule has 0 aromatic heterocycles. The maximum atomic E-state index is 12.4. The molecular formula is C21H35N3O2. The molecule has 0 unspecified atom stereocenters. The van der Waals surface area contributed by atoms with Crippen LogP contribution >= 0.6 is 0 Å². The molecule has 0 aliphatic carbocycles. The van der Waals surface area contributed by atoms with Gasteiger partial charge in [0, 0.05) is 6.54 Å². The van der Waals surface area contributed by atoms with Crippen LogP contribution in [0.1, 0.15) is 63.3 Å². The zero-order chi connectivity index (χ0) is 20.1. The van der Waals surface area contributed by atoms with E-state index in [2.05, 4.69) is 57.4 Å². The fourth-order valence-corrected chi connectivity index (χ4v) is 3.13. The van der Waals surface area contributed by atoms with E-state index in [0.29, 0.717) is 13.0 Å². The minimum Gasteiger partial charge on any atom is -0.354 e. The van der Waals surface area contributed by atoms with Crippen molar-refractivity contribution < 1.29 is 9.59 Å². The van der Waals surface area contributed by atoms with Crippen molar-refractivity contribution in [1.29, 1.82) is 0 Å². The number of primary amides is 1. The van der Waals surface area contributed by atoms with Gasteiger partial charge in [-0.25, -0.2) is 4.79 Å². The second-order valence-electron chi connectivity index (χ2n) is 8.57. The van der Waals surface area contributed by atoms with E-state index in [4.69, 9.17) is 5.73 Å². The molecule has 0 saturated heterocycles. The van der Waals surface area contributed by atoms with Crippen LogP contribution in [-0.2, 0) is 16.6 Å². The van der Waals surface area contributed by atoms with Gasteiger partial charge in [-0.05, 0) is 60.3 Å². The minimum absolute atomic E-state index is 0.118. The van der Waals surface area contributed by atoms with Gasteiger partial charge in [-0.2, -0.15) is 0 Å². The molecule has 0 heterocycles. The smallest absolute Gasteiger partial charge is 0.312 e. The number of benzene rings is 1. The lowest BCUT2D eigenvalue weighted by atomic mass is 9.83. The highest BCUT2D eigenvalue weighted by molar-refractivity contribution is 5.86. The Morgan fingerprint density at radius 2 is 1.65 bits per heavy atom. The number of carbonyl (C=O) groups excluding carboxylic acids is 2. The molecule has 0 aliphatic rings. The summed E-state index contributed by atoms with van der Waals surface area (Å²) >= 11 is 0. The van der Waals surface area contributed by atoms with E-state index in [0.717, 1.165) is 6.42 Å². The molecule has 3 amide bonds. The molecule has 5 nitrogen and oxygen atoms in total. The molecule has 0 spiro atoms. The Bertz CT molecular complexity index is 622. The Labute approximate surface area is 158 Å². The lowest BCUT2D eigenvalue weighted by Gasteiger charge is -2.23. The van der Waals surface area contributed by atoms with Gasteiger partial charge in [-0.1, -0.05) is 46.8 Å². The van der Waals surface area contributed by atoms with Gasteiger partial charge in [-0.3, -0.25) is 4.79 Å². The van der Waals surface area contributed by atoms with E-state index in [-0.39, 0.29) is 17.2 Å². The number of amides is 3. The number of aryl methyl sites for hydroxylation is 2. The summed E-state index contributed by atoms with van der Waals surface area (Å²) in [5, 5.41) is 5.47. The lowest BCUT2D eigenvalue weighted by Crippen LogP contribution is -2.49. The van der Waals surface area contributed by atoms with Crippen molar-refractivity contribution in [1.82, 2.24) is 10.6 Å². The summed E-state index contributed by atoms with van der Waals surface area (Å²) in [5.74, 6) is 0.103. The van der Waals surface area contributed by atoms with Gasteiger partial charge in [0.05, 0.1) is 0 Å². The number of hydrogen-bond acceptors (Lipinski definition) is 2. The topological polar surface area (TPSA) is 84.2 Å². The highest BCUT2D eigenvalue weighted by atomic mass is 16.2. The van der Waals surface area contributed by atoms with Crippen LogP contribution in [-0.4, -0.2) is 24.5 Å². The predicted molar refractivity (Wildman–Crippen MR) is 107 cm³/mol. The summed E-state index contributed by atoms with van der Waals surface area (Å²) in [4.78, 5) is 23.5. The number of hydrogen-bond donors (Lipinski definition) is 3. The van der Waals surface area contributed by atoms with Gasteiger partial charge in [0.25, 0.3) is 0 Å². The van der Waals surface area contributed by atoms with E-state index in [1.54, 1.807) is 0 Å². The molecule has 5 heteroatoms. The molecule has 0 radical (unpaired) electrons. The van der Waals surface area contributed by atoms with Crippen molar-refractivity contribution >= 4 is 11.9 Å². The minimum atomic E-state index is -0.671. The number of carbonyl (C=O) groups is 2. The van der Waals surface area contributed by atoms with E-state index in [9.17, 15) is 9.59 Å². The lowest BCUT2D eigenvalue weighted by molar-refractivity contribution is -0.123. The number of rotatable bonds is 7. The second kappa shape index (κ2) is 9.06. The maximum absolute atomic E-state index is 12.4. The van der Waals surface area contributed by atoms with Crippen LogP contribution in [0.25, 0.3) is 0 Å². The first-order valence-corrected chi connectivity index (χ1v) is 9.36. The SMILES string of the molecule is Cc1cc(C(C)(C)C)cc(C)c1CCNC(=O)[C@@H](CC(C)C)NC(N)=O. The van der Waals surface area contributed by atoms with Crippen molar-refractivity contribution in [2.45, 2.75) is 72.8 Å². The van der Waals surface area contributed by atoms with E-state index in [1.165, 1.54) is 22.3 Å². The third kappa shape index (κ3) is 6.70. The van der Waals surface area contributed by atoms with Crippen LogP contribution in [0.2, 0.25) is 0 Å². The van der Waals surface area contributed by atoms with Gasteiger partial charge < -0.3 is 16.4 Å². The van der Waals surface area contributed by atoms with Gasteiger partial charge >= 0.3 is 6.03 Å². The average Bonchev–Trinajstić information content (AvgIpc) is 2.47. The molecule has 0 saturated carbocycles. The van der Waals surface area contributed by atoms with Crippen LogP contribution < -0.4 is 16.4 Å². The maximum Gasteiger partial charge on any atom is 0.312 e. The van der Waals surface area contributed by atoms with E-state index < -0.39 is 12.1 Å². The third-order valence-electron chi connectivity index (χ3n) is 4.58. The largest absolute Gasteiger partial charge is 0.354 e. The van der Waals surface area contributed by atoms with E-state index in [1.807, 2.05) is 13.8 Å². The predicted octanol–water partition coefficient (Wildman–Crippen LogP) is 3.34. The number of nitrogens with one attached hydrogen (secondary N) is 2. The molecule has 0 aliphatic heterocycles. The Balaban J connectivity index is 2.74.